The average Bonchev–Trinajstić information content (AvgIpc) is 3.34. The minimum Gasteiger partial charge on any atom is -0.483 e. The van der Waals surface area contributed by atoms with Crippen LogP contribution < -0.4 is 10.1 Å². The number of rotatable bonds is 6. The van der Waals surface area contributed by atoms with Crippen LogP contribution in [0.25, 0.3) is 5.65 Å². The molecule has 1 aliphatic rings. The molecule has 7 heteroatoms. The zero-order valence-corrected chi connectivity index (χ0v) is 13.6. The van der Waals surface area contributed by atoms with Gasteiger partial charge in [-0.15, -0.1) is 0 Å². The predicted octanol–water partition coefficient (Wildman–Crippen LogP) is 1.49. The second-order valence-electron chi connectivity index (χ2n) is 5.89. The second kappa shape index (κ2) is 6.62. The van der Waals surface area contributed by atoms with Gasteiger partial charge in [0.25, 0.3) is 0 Å². The number of aromatic nitrogens is 4. The molecule has 0 spiro atoms. The van der Waals surface area contributed by atoms with Crippen molar-refractivity contribution in [1.82, 2.24) is 24.5 Å². The Morgan fingerprint density at radius 2 is 2.33 bits per heavy atom. The summed E-state index contributed by atoms with van der Waals surface area (Å²) in [7, 11) is 0. The molecule has 3 aromatic heterocycles. The Morgan fingerprint density at radius 3 is 3.21 bits per heavy atom. The van der Waals surface area contributed by atoms with Gasteiger partial charge in [-0.2, -0.15) is 5.10 Å². The monoisotopic (exact) mass is 327 g/mol. The van der Waals surface area contributed by atoms with Crippen LogP contribution in [0, 0.1) is 0 Å². The van der Waals surface area contributed by atoms with Crippen LogP contribution in [0.3, 0.4) is 0 Å². The van der Waals surface area contributed by atoms with E-state index in [4.69, 9.17) is 9.47 Å². The largest absolute Gasteiger partial charge is 0.483 e. The molecular formula is C17H21N5O2. The van der Waals surface area contributed by atoms with Crippen molar-refractivity contribution in [3.05, 3.63) is 48.7 Å². The van der Waals surface area contributed by atoms with E-state index in [0.29, 0.717) is 13.2 Å². The molecule has 0 bridgehead atoms. The Labute approximate surface area is 140 Å². The number of hydrogen-bond donors (Lipinski definition) is 1. The van der Waals surface area contributed by atoms with Gasteiger partial charge in [0.1, 0.15) is 11.8 Å². The molecule has 0 radical (unpaired) electrons. The Balaban J connectivity index is 1.41. The van der Waals surface area contributed by atoms with Crippen LogP contribution in [0.1, 0.15) is 12.6 Å². The standard InChI is InChI=1S/C17H21N5O2/c1-2-21-10-14(9-20-21)24-16-12-23-11-15(16)19-8-13-4-3-5-17-18-6-7-22(13)17/h3-7,9-10,15-16,19H,2,8,11-12H2,1H3/t15-,16+/m0/s1. The summed E-state index contributed by atoms with van der Waals surface area (Å²) in [6.07, 6.45) is 7.45. The minimum atomic E-state index is -0.0125. The van der Waals surface area contributed by atoms with E-state index in [1.807, 2.05) is 35.4 Å². The number of nitrogens with one attached hydrogen (secondary N) is 1. The highest BCUT2D eigenvalue weighted by molar-refractivity contribution is 5.39. The van der Waals surface area contributed by atoms with Crippen molar-refractivity contribution in [3.8, 4) is 5.75 Å². The quantitative estimate of drug-likeness (QED) is 0.743. The van der Waals surface area contributed by atoms with Gasteiger partial charge in [-0.05, 0) is 19.1 Å². The molecule has 24 heavy (non-hydrogen) atoms. The van der Waals surface area contributed by atoms with Gasteiger partial charge in [-0.25, -0.2) is 4.98 Å². The molecule has 2 atom stereocenters. The average molecular weight is 327 g/mol. The van der Waals surface area contributed by atoms with Crippen molar-refractivity contribution in [2.45, 2.75) is 32.2 Å². The van der Waals surface area contributed by atoms with Crippen molar-refractivity contribution < 1.29 is 9.47 Å². The highest BCUT2D eigenvalue weighted by atomic mass is 16.5. The van der Waals surface area contributed by atoms with Crippen molar-refractivity contribution in [2.24, 2.45) is 0 Å². The molecule has 7 nitrogen and oxygen atoms in total. The first-order valence-corrected chi connectivity index (χ1v) is 8.24. The first-order chi connectivity index (χ1) is 11.8. The molecule has 0 saturated carbocycles. The van der Waals surface area contributed by atoms with E-state index in [9.17, 15) is 0 Å². The summed E-state index contributed by atoms with van der Waals surface area (Å²) in [5.74, 6) is 0.788. The zero-order chi connectivity index (χ0) is 16.4. The Morgan fingerprint density at radius 1 is 1.38 bits per heavy atom. The van der Waals surface area contributed by atoms with E-state index < -0.39 is 0 Å². The summed E-state index contributed by atoms with van der Waals surface area (Å²) >= 11 is 0. The van der Waals surface area contributed by atoms with Gasteiger partial charge >= 0.3 is 0 Å². The minimum absolute atomic E-state index is 0.0125. The zero-order valence-electron chi connectivity index (χ0n) is 13.6. The molecule has 0 unspecified atom stereocenters. The molecule has 0 aliphatic carbocycles. The lowest BCUT2D eigenvalue weighted by atomic mass is 10.2. The maximum absolute atomic E-state index is 6.04. The van der Waals surface area contributed by atoms with E-state index in [-0.39, 0.29) is 12.1 Å². The molecule has 4 heterocycles. The maximum Gasteiger partial charge on any atom is 0.157 e. The number of ether oxygens (including phenoxy) is 2. The van der Waals surface area contributed by atoms with Crippen LogP contribution >= 0.6 is 0 Å². The fraction of sp³-hybridized carbons (Fsp3) is 0.412. The molecule has 0 amide bonds. The lowest BCUT2D eigenvalue weighted by Gasteiger charge is -2.20. The number of pyridine rings is 1. The van der Waals surface area contributed by atoms with Crippen LogP contribution in [0.2, 0.25) is 0 Å². The number of imidazole rings is 1. The topological polar surface area (TPSA) is 65.6 Å². The van der Waals surface area contributed by atoms with Crippen LogP contribution in [0.5, 0.6) is 5.75 Å². The normalized spacial score (nSPS) is 20.7. The summed E-state index contributed by atoms with van der Waals surface area (Å²) in [5.41, 5.74) is 2.12. The number of fused-ring (bicyclic) bond motifs is 1. The Hall–Kier alpha value is -2.38. The molecule has 4 rings (SSSR count). The van der Waals surface area contributed by atoms with Crippen LogP contribution in [-0.4, -0.2) is 44.5 Å². The van der Waals surface area contributed by atoms with E-state index in [2.05, 4.69) is 32.8 Å². The van der Waals surface area contributed by atoms with Gasteiger partial charge in [0, 0.05) is 31.2 Å². The lowest BCUT2D eigenvalue weighted by Crippen LogP contribution is -2.41. The van der Waals surface area contributed by atoms with E-state index in [1.54, 1.807) is 6.20 Å². The van der Waals surface area contributed by atoms with E-state index in [1.165, 1.54) is 0 Å². The molecular weight excluding hydrogens is 306 g/mol. The summed E-state index contributed by atoms with van der Waals surface area (Å²) in [6.45, 7) is 4.85. The number of aryl methyl sites for hydroxylation is 1. The van der Waals surface area contributed by atoms with Gasteiger partial charge in [-0.3, -0.25) is 4.68 Å². The van der Waals surface area contributed by atoms with Gasteiger partial charge in [0.15, 0.2) is 5.75 Å². The fourth-order valence-corrected chi connectivity index (χ4v) is 2.98. The Kier molecular flexibility index (Phi) is 4.18. The summed E-state index contributed by atoms with van der Waals surface area (Å²) in [6, 6.07) is 6.27. The first kappa shape index (κ1) is 15.2. The maximum atomic E-state index is 6.04. The number of nitrogens with zero attached hydrogens (tertiary/aromatic N) is 4. The third-order valence-corrected chi connectivity index (χ3v) is 4.31. The molecule has 126 valence electrons. The molecule has 3 aromatic rings. The van der Waals surface area contributed by atoms with Crippen molar-refractivity contribution >= 4 is 5.65 Å². The number of hydrogen-bond acceptors (Lipinski definition) is 5. The van der Waals surface area contributed by atoms with Gasteiger partial charge in [-0.1, -0.05) is 6.07 Å². The van der Waals surface area contributed by atoms with Crippen LogP contribution in [0.4, 0.5) is 0 Å². The van der Waals surface area contributed by atoms with Gasteiger partial charge in [0.2, 0.25) is 0 Å². The molecule has 1 N–H and O–H groups in total. The third-order valence-electron chi connectivity index (χ3n) is 4.31. The van der Waals surface area contributed by atoms with E-state index in [0.717, 1.165) is 30.2 Å². The van der Waals surface area contributed by atoms with Crippen molar-refractivity contribution in [3.63, 3.8) is 0 Å². The summed E-state index contributed by atoms with van der Waals surface area (Å²) in [5, 5.41) is 7.79. The second-order valence-corrected chi connectivity index (χ2v) is 5.89. The SMILES string of the molecule is CCn1cc(O[C@@H]2COC[C@@H]2NCc2cccc3nccn23)cn1. The Bertz CT molecular complexity index is 812. The third kappa shape index (κ3) is 3.00. The van der Waals surface area contributed by atoms with Crippen LogP contribution in [0.15, 0.2) is 43.0 Å². The smallest absolute Gasteiger partial charge is 0.157 e. The van der Waals surface area contributed by atoms with Crippen molar-refractivity contribution in [2.75, 3.05) is 13.2 Å². The van der Waals surface area contributed by atoms with Gasteiger partial charge < -0.3 is 19.2 Å². The van der Waals surface area contributed by atoms with E-state index >= 15 is 0 Å². The highest BCUT2D eigenvalue weighted by Gasteiger charge is 2.30. The summed E-state index contributed by atoms with van der Waals surface area (Å²) < 4.78 is 15.6. The highest BCUT2D eigenvalue weighted by Crippen LogP contribution is 2.17. The molecule has 1 saturated heterocycles. The summed E-state index contributed by atoms with van der Waals surface area (Å²) in [4.78, 5) is 4.32. The molecule has 1 fully saturated rings. The molecule has 1 aliphatic heterocycles. The lowest BCUT2D eigenvalue weighted by molar-refractivity contribution is 0.139. The molecule has 0 aromatic carbocycles. The predicted molar refractivity (Wildman–Crippen MR) is 89.0 cm³/mol. The van der Waals surface area contributed by atoms with Crippen molar-refractivity contribution in [1.29, 1.82) is 0 Å². The van der Waals surface area contributed by atoms with Gasteiger partial charge in [0.05, 0.1) is 31.6 Å². The fourth-order valence-electron chi connectivity index (χ4n) is 2.98. The van der Waals surface area contributed by atoms with Crippen LogP contribution in [-0.2, 0) is 17.8 Å². The first-order valence-electron chi connectivity index (χ1n) is 8.24.